The summed E-state index contributed by atoms with van der Waals surface area (Å²) in [6.07, 6.45) is -5.26. The number of carboxylic acids is 2. The predicted octanol–water partition coefficient (Wildman–Crippen LogP) is 4.05. The van der Waals surface area contributed by atoms with E-state index in [1.165, 1.54) is 0 Å². The van der Waals surface area contributed by atoms with Crippen LogP contribution in [0.4, 0.5) is 32.2 Å². The molecule has 0 aliphatic carbocycles. The molecular weight excluding hydrogens is 542 g/mol. The number of hydrogen-bond donors (Lipinski definition) is 3. The third-order valence-electron chi connectivity index (χ3n) is 5.49. The summed E-state index contributed by atoms with van der Waals surface area (Å²) in [4.78, 5) is 24.5. The Morgan fingerprint density at radius 2 is 1.77 bits per heavy atom. The zero-order valence-electron chi connectivity index (χ0n) is 20.1. The van der Waals surface area contributed by atoms with Crippen molar-refractivity contribution in [3.05, 3.63) is 48.0 Å². The third-order valence-corrected chi connectivity index (χ3v) is 5.49. The number of ether oxygens (including phenoxy) is 1. The largest absolute Gasteiger partial charge is 0.490 e. The van der Waals surface area contributed by atoms with Crippen LogP contribution in [0.5, 0.6) is 0 Å². The molecule has 2 saturated heterocycles. The van der Waals surface area contributed by atoms with Gasteiger partial charge in [-0.25, -0.2) is 14.6 Å². The van der Waals surface area contributed by atoms with Crippen LogP contribution in [0.1, 0.15) is 30.7 Å². The summed E-state index contributed by atoms with van der Waals surface area (Å²) < 4.78 is 75.2. The van der Waals surface area contributed by atoms with E-state index >= 15 is 0 Å². The van der Waals surface area contributed by atoms with Crippen molar-refractivity contribution in [2.75, 3.05) is 25.0 Å². The van der Waals surface area contributed by atoms with Gasteiger partial charge in [-0.3, -0.25) is 4.90 Å². The summed E-state index contributed by atoms with van der Waals surface area (Å²) in [5.74, 6) is -3.77. The van der Waals surface area contributed by atoms with E-state index in [1.54, 1.807) is 12.3 Å². The first-order valence-corrected chi connectivity index (χ1v) is 11.3. The number of likely N-dealkylation sites (tertiary alicyclic amines) is 1. The van der Waals surface area contributed by atoms with E-state index in [-0.39, 0.29) is 11.6 Å². The highest BCUT2D eigenvalue weighted by molar-refractivity contribution is 5.73. The second-order valence-corrected chi connectivity index (χ2v) is 8.56. The molecule has 2 atom stereocenters. The van der Waals surface area contributed by atoms with Gasteiger partial charge in [-0.15, -0.1) is 0 Å². The summed E-state index contributed by atoms with van der Waals surface area (Å²) >= 11 is 0. The number of hydrogen-bond acceptors (Lipinski definition) is 8. The van der Waals surface area contributed by atoms with E-state index < -0.39 is 24.3 Å². The van der Waals surface area contributed by atoms with Crippen LogP contribution in [0.15, 0.2) is 41.0 Å². The van der Waals surface area contributed by atoms with Gasteiger partial charge in [0.05, 0.1) is 31.1 Å². The molecule has 0 amide bonds. The number of anilines is 1. The molecule has 10 nitrogen and oxygen atoms in total. The highest BCUT2D eigenvalue weighted by Gasteiger charge is 2.43. The Hall–Kier alpha value is -3.84. The quantitative estimate of drug-likeness (QED) is 0.463. The number of carboxylic acid groups (broad SMARTS) is 2. The van der Waals surface area contributed by atoms with Crippen LogP contribution in [0.3, 0.4) is 0 Å². The van der Waals surface area contributed by atoms with Gasteiger partial charge in [-0.05, 0) is 43.7 Å². The Morgan fingerprint density at radius 1 is 1.13 bits per heavy atom. The lowest BCUT2D eigenvalue weighted by Gasteiger charge is -2.39. The molecule has 2 unspecified atom stereocenters. The number of aliphatic carboxylic acids is 2. The average Bonchev–Trinajstić information content (AvgIpc) is 3.49. The molecule has 214 valence electrons. The lowest BCUT2D eigenvalue weighted by Crippen LogP contribution is -2.47. The first-order chi connectivity index (χ1) is 18.1. The monoisotopic (exact) mass is 566 g/mol. The summed E-state index contributed by atoms with van der Waals surface area (Å²) in [5.41, 5.74) is 0.343. The molecule has 1 spiro atoms. The molecule has 4 rings (SSSR count). The van der Waals surface area contributed by atoms with E-state index in [1.807, 2.05) is 24.3 Å². The maximum absolute atomic E-state index is 10.6. The number of alkyl halides is 6. The lowest BCUT2D eigenvalue weighted by atomic mass is 9.88. The molecule has 0 radical (unpaired) electrons. The average molecular weight is 566 g/mol. The molecule has 16 heteroatoms. The second-order valence-electron chi connectivity index (χ2n) is 8.56. The zero-order valence-corrected chi connectivity index (χ0v) is 20.1. The number of furan rings is 1. The first-order valence-electron chi connectivity index (χ1n) is 11.3. The predicted molar refractivity (Wildman–Crippen MR) is 120 cm³/mol. The van der Waals surface area contributed by atoms with E-state index in [4.69, 9.17) is 34.2 Å². The number of piperidine rings is 1. The van der Waals surface area contributed by atoms with Gasteiger partial charge >= 0.3 is 24.3 Å². The molecule has 0 aromatic carbocycles. The van der Waals surface area contributed by atoms with Crippen LogP contribution in [0.25, 0.3) is 0 Å². The fourth-order valence-electron chi connectivity index (χ4n) is 3.96. The van der Waals surface area contributed by atoms with Crippen LogP contribution >= 0.6 is 0 Å². The van der Waals surface area contributed by atoms with Crippen LogP contribution in [0, 0.1) is 11.3 Å². The van der Waals surface area contributed by atoms with Crippen LogP contribution in [-0.4, -0.2) is 75.7 Å². The molecule has 2 aromatic rings. The number of nitriles is 1. The molecule has 2 fully saturated rings. The SMILES string of the molecule is N#Cc1cccc(NC2COC3(CCCN(Cc4ccco4)C3)C2)n1.O=C(O)C(F)(F)F.O=C(O)C(F)(F)F. The minimum absolute atomic E-state index is 0.0879. The third kappa shape index (κ3) is 10.4. The van der Waals surface area contributed by atoms with Gasteiger partial charge in [-0.1, -0.05) is 6.07 Å². The molecular formula is C23H24F6N4O6. The smallest absolute Gasteiger partial charge is 0.475 e. The molecule has 4 heterocycles. The summed E-state index contributed by atoms with van der Waals surface area (Å²) in [5, 5.41) is 26.7. The Morgan fingerprint density at radius 3 is 2.31 bits per heavy atom. The Balaban J connectivity index is 0.000000317. The highest BCUT2D eigenvalue weighted by Crippen LogP contribution is 2.36. The van der Waals surface area contributed by atoms with Crippen molar-refractivity contribution in [2.24, 2.45) is 0 Å². The molecule has 2 aliphatic heterocycles. The van der Waals surface area contributed by atoms with E-state index in [9.17, 15) is 26.3 Å². The van der Waals surface area contributed by atoms with E-state index in [0.29, 0.717) is 12.3 Å². The van der Waals surface area contributed by atoms with Crippen molar-refractivity contribution >= 4 is 17.8 Å². The van der Waals surface area contributed by atoms with Crippen molar-refractivity contribution < 1.29 is 55.3 Å². The molecule has 0 saturated carbocycles. The van der Waals surface area contributed by atoms with Gasteiger partial charge in [0.25, 0.3) is 0 Å². The van der Waals surface area contributed by atoms with Crippen molar-refractivity contribution in [1.82, 2.24) is 9.88 Å². The highest BCUT2D eigenvalue weighted by atomic mass is 19.4. The van der Waals surface area contributed by atoms with Crippen molar-refractivity contribution in [2.45, 2.75) is 49.8 Å². The van der Waals surface area contributed by atoms with Gasteiger partial charge in [0.1, 0.15) is 23.3 Å². The van der Waals surface area contributed by atoms with Gasteiger partial charge < -0.3 is 24.7 Å². The van der Waals surface area contributed by atoms with E-state index in [2.05, 4.69) is 21.3 Å². The molecule has 3 N–H and O–H groups in total. The Kier molecular flexibility index (Phi) is 10.7. The topological polar surface area (TPSA) is 149 Å². The number of rotatable bonds is 4. The van der Waals surface area contributed by atoms with Crippen LogP contribution in [0.2, 0.25) is 0 Å². The van der Waals surface area contributed by atoms with E-state index in [0.717, 1.165) is 50.5 Å². The van der Waals surface area contributed by atoms with Gasteiger partial charge in [0, 0.05) is 13.0 Å². The maximum atomic E-state index is 10.6. The number of aromatic nitrogens is 1. The van der Waals surface area contributed by atoms with Gasteiger partial charge in [-0.2, -0.15) is 31.6 Å². The Labute approximate surface area is 217 Å². The van der Waals surface area contributed by atoms with Gasteiger partial charge in [0.2, 0.25) is 0 Å². The summed E-state index contributed by atoms with van der Waals surface area (Å²) in [6.45, 7) is 3.52. The molecule has 39 heavy (non-hydrogen) atoms. The fraction of sp³-hybridized carbons (Fsp3) is 0.478. The second kappa shape index (κ2) is 13.3. The number of nitrogens with one attached hydrogen (secondary N) is 1. The normalized spacial score (nSPS) is 21.1. The minimum atomic E-state index is -5.08. The van der Waals surface area contributed by atoms with Crippen molar-refractivity contribution in [3.8, 4) is 6.07 Å². The fourth-order valence-corrected chi connectivity index (χ4v) is 3.96. The van der Waals surface area contributed by atoms with Crippen molar-refractivity contribution in [1.29, 1.82) is 5.26 Å². The maximum Gasteiger partial charge on any atom is 0.490 e. The summed E-state index contributed by atoms with van der Waals surface area (Å²) in [7, 11) is 0. The molecule has 2 aromatic heterocycles. The number of pyridine rings is 1. The van der Waals surface area contributed by atoms with Crippen LogP contribution in [-0.2, 0) is 20.9 Å². The number of carbonyl (C=O) groups is 2. The summed E-state index contributed by atoms with van der Waals surface area (Å²) in [6, 6.07) is 11.7. The number of nitrogens with zero attached hydrogens (tertiary/aromatic N) is 3. The Bertz CT molecular complexity index is 1110. The standard InChI is InChI=1S/C19H22N4O2.2C2HF3O2/c20-11-15-4-1-6-18(21-15)22-16-10-19(25-13-16)7-3-8-23(14-19)12-17-5-2-9-24-17;2*3-2(4,5)1(6)7/h1-2,4-6,9,16H,3,7-8,10,12-14H2,(H,21,22);2*(H,6,7). The minimum Gasteiger partial charge on any atom is -0.475 e. The molecule has 2 aliphatic rings. The lowest BCUT2D eigenvalue weighted by molar-refractivity contribution is -0.193. The zero-order chi connectivity index (χ0) is 29.3. The first kappa shape index (κ1) is 31.4. The van der Waals surface area contributed by atoms with Crippen molar-refractivity contribution in [3.63, 3.8) is 0 Å². The van der Waals surface area contributed by atoms with Gasteiger partial charge in [0.15, 0.2) is 0 Å². The number of halogens is 6. The molecule has 0 bridgehead atoms. The van der Waals surface area contributed by atoms with Crippen LogP contribution < -0.4 is 5.32 Å².